The Morgan fingerprint density at radius 1 is 1.02 bits per heavy atom. The summed E-state index contributed by atoms with van der Waals surface area (Å²) in [7, 11) is 1.52. The minimum absolute atomic E-state index is 0.0137. The van der Waals surface area contributed by atoms with Crippen LogP contribution in [-0.2, 0) is 22.3 Å². The highest BCUT2D eigenvalue weighted by atomic mass is 19.4. The Morgan fingerprint density at radius 3 is 2.52 bits per heavy atom. The van der Waals surface area contributed by atoms with Gasteiger partial charge >= 0.3 is 18.0 Å². The summed E-state index contributed by atoms with van der Waals surface area (Å²) in [5.74, 6) is -3.03. The number of halogens is 5. The number of fused-ring (bicyclic) bond motifs is 1. The van der Waals surface area contributed by atoms with Gasteiger partial charge in [0.1, 0.15) is 17.3 Å². The van der Waals surface area contributed by atoms with E-state index in [2.05, 4.69) is 20.9 Å². The van der Waals surface area contributed by atoms with Gasteiger partial charge in [0.05, 0.1) is 24.8 Å². The Bertz CT molecular complexity index is 1690. The summed E-state index contributed by atoms with van der Waals surface area (Å²) >= 11 is 0. The van der Waals surface area contributed by atoms with E-state index >= 15 is 4.39 Å². The molecule has 46 heavy (non-hydrogen) atoms. The van der Waals surface area contributed by atoms with E-state index < -0.39 is 47.3 Å². The molecule has 2 aliphatic rings. The van der Waals surface area contributed by atoms with Crippen LogP contribution in [0.15, 0.2) is 66.0 Å². The highest BCUT2D eigenvalue weighted by Gasteiger charge is 2.35. The summed E-state index contributed by atoms with van der Waals surface area (Å²) in [6.07, 6.45) is -0.217. The minimum atomic E-state index is -4.92. The molecule has 2 amide bonds. The van der Waals surface area contributed by atoms with Crippen LogP contribution < -0.4 is 30.2 Å². The van der Waals surface area contributed by atoms with Crippen molar-refractivity contribution in [3.63, 3.8) is 0 Å². The van der Waals surface area contributed by atoms with Gasteiger partial charge in [0.2, 0.25) is 0 Å². The summed E-state index contributed by atoms with van der Waals surface area (Å²) in [4.78, 5) is 29.0. The highest BCUT2D eigenvalue weighted by Crippen LogP contribution is 2.38. The molecule has 1 saturated heterocycles. The Morgan fingerprint density at radius 2 is 1.80 bits per heavy atom. The molecule has 0 unspecified atom stereocenters. The first kappa shape index (κ1) is 32.7. The topological polar surface area (TPSA) is 111 Å². The zero-order valence-corrected chi connectivity index (χ0v) is 24.7. The maximum absolute atomic E-state index is 15.1. The molecule has 244 valence electrons. The molecule has 1 aromatic heterocycles. The average molecular weight is 647 g/mol. The predicted octanol–water partition coefficient (Wildman–Crippen LogP) is 5.45. The second-order valence-electron chi connectivity index (χ2n) is 10.8. The number of carbonyl (C=O) groups is 2. The lowest BCUT2D eigenvalue weighted by Crippen LogP contribution is -2.39. The molecule has 0 radical (unpaired) electrons. The fraction of sp³-hybridized carbons (Fsp3) is 0.344. The van der Waals surface area contributed by atoms with Crippen LogP contribution in [0.2, 0.25) is 0 Å². The van der Waals surface area contributed by atoms with Gasteiger partial charge in [-0.15, -0.1) is 0 Å². The molecule has 14 heteroatoms. The van der Waals surface area contributed by atoms with Crippen LogP contribution in [0.25, 0.3) is 10.9 Å². The van der Waals surface area contributed by atoms with Crippen molar-refractivity contribution in [3.05, 3.63) is 82.9 Å². The van der Waals surface area contributed by atoms with E-state index in [-0.39, 0.29) is 24.3 Å². The van der Waals surface area contributed by atoms with Gasteiger partial charge in [-0.2, -0.15) is 13.2 Å². The van der Waals surface area contributed by atoms with Gasteiger partial charge in [-0.1, -0.05) is 12.1 Å². The van der Waals surface area contributed by atoms with E-state index in [0.29, 0.717) is 46.7 Å². The van der Waals surface area contributed by atoms with Gasteiger partial charge in [0.25, 0.3) is 0 Å². The number of aromatic nitrogens is 1. The number of benzene rings is 2. The lowest BCUT2D eigenvalue weighted by molar-refractivity contribution is -0.140. The second kappa shape index (κ2) is 14.1. The van der Waals surface area contributed by atoms with Crippen LogP contribution in [0.5, 0.6) is 17.2 Å². The Labute approximate surface area is 260 Å². The van der Waals surface area contributed by atoms with E-state index in [4.69, 9.17) is 14.2 Å². The van der Waals surface area contributed by atoms with Gasteiger partial charge in [0, 0.05) is 41.9 Å². The zero-order chi connectivity index (χ0) is 32.8. The van der Waals surface area contributed by atoms with Crippen molar-refractivity contribution < 1.29 is 45.8 Å². The van der Waals surface area contributed by atoms with E-state index in [1.54, 1.807) is 18.2 Å². The molecular formula is C32H31F5N4O5. The predicted molar refractivity (Wildman–Crippen MR) is 157 cm³/mol. The van der Waals surface area contributed by atoms with Crippen molar-refractivity contribution in [3.8, 4) is 17.2 Å². The van der Waals surface area contributed by atoms with Crippen molar-refractivity contribution in [2.24, 2.45) is 5.92 Å². The molecule has 0 spiro atoms. The molecule has 5 rings (SSSR count). The van der Waals surface area contributed by atoms with Crippen LogP contribution in [-0.4, -0.2) is 43.6 Å². The molecule has 1 aliphatic heterocycles. The third-order valence-corrected chi connectivity index (χ3v) is 7.65. The number of pyridine rings is 1. The molecular weight excluding hydrogens is 615 g/mol. The first-order chi connectivity index (χ1) is 22.0. The van der Waals surface area contributed by atoms with Crippen molar-refractivity contribution in [1.29, 1.82) is 0 Å². The highest BCUT2D eigenvalue weighted by molar-refractivity contribution is 6.35. The number of amides is 2. The summed E-state index contributed by atoms with van der Waals surface area (Å²) in [6.45, 7) is 1.78. The number of hydrogen-bond acceptors (Lipinski definition) is 7. The Hall–Kier alpha value is -4.72. The zero-order valence-electron chi connectivity index (χ0n) is 24.7. The summed E-state index contributed by atoms with van der Waals surface area (Å²) in [5, 5.41) is 8.23. The fourth-order valence-corrected chi connectivity index (χ4v) is 5.14. The van der Waals surface area contributed by atoms with Crippen LogP contribution in [0, 0.1) is 11.7 Å². The molecule has 0 bridgehead atoms. The van der Waals surface area contributed by atoms with Crippen molar-refractivity contribution in [1.82, 2.24) is 20.9 Å². The summed E-state index contributed by atoms with van der Waals surface area (Å²) in [5.41, 5.74) is -1.31. The van der Waals surface area contributed by atoms with Crippen LogP contribution in [0.3, 0.4) is 0 Å². The molecule has 9 nitrogen and oxygen atoms in total. The van der Waals surface area contributed by atoms with Gasteiger partial charge < -0.3 is 30.2 Å². The molecule has 2 heterocycles. The van der Waals surface area contributed by atoms with Gasteiger partial charge in [-0.3, -0.25) is 14.6 Å². The SMILES string of the molecule is COc1cc2c(OC3=C(F)C=C(NC(=O)C(=O)NCc4cccc(C(F)(F)F)c4F)CC3)ccnc2cc1OCC1CCNCC1. The Balaban J connectivity index is 1.23. The summed E-state index contributed by atoms with van der Waals surface area (Å²) < 4.78 is 85.7. The van der Waals surface area contributed by atoms with E-state index in [0.717, 1.165) is 44.1 Å². The lowest BCUT2D eigenvalue weighted by atomic mass is 9.99. The molecule has 2 aromatic carbocycles. The van der Waals surface area contributed by atoms with Crippen molar-refractivity contribution in [2.75, 3.05) is 26.8 Å². The molecule has 3 N–H and O–H groups in total. The molecule has 0 saturated carbocycles. The van der Waals surface area contributed by atoms with E-state index in [1.165, 1.54) is 13.3 Å². The monoisotopic (exact) mass is 646 g/mol. The standard InChI is InChI=1S/C32H31F5N4O5/c1-44-27-14-21-24(15-28(27)45-17-18-7-10-38-11-8-18)39-12-9-25(21)46-26-6-5-20(13-23(26)33)41-31(43)30(42)40-16-19-3-2-4-22(29(19)34)32(35,36)37/h2-4,9,12-15,18,38H,5-8,10-11,16-17H2,1H3,(H,40,42)(H,41,43). The van der Waals surface area contributed by atoms with Crippen LogP contribution >= 0.6 is 0 Å². The van der Waals surface area contributed by atoms with Gasteiger partial charge in [-0.25, -0.2) is 8.78 Å². The Kier molecular flexibility index (Phi) is 10.0. The third-order valence-electron chi connectivity index (χ3n) is 7.65. The fourth-order valence-electron chi connectivity index (χ4n) is 5.14. The van der Waals surface area contributed by atoms with Crippen molar-refractivity contribution in [2.45, 2.75) is 38.4 Å². The van der Waals surface area contributed by atoms with E-state index in [1.807, 2.05) is 0 Å². The number of ether oxygens (including phenoxy) is 3. The van der Waals surface area contributed by atoms with Gasteiger partial charge in [-0.05, 0) is 62.5 Å². The van der Waals surface area contributed by atoms with Crippen LogP contribution in [0.4, 0.5) is 22.0 Å². The number of methoxy groups -OCH3 is 1. The first-order valence-corrected chi connectivity index (χ1v) is 14.5. The normalized spacial score (nSPS) is 15.7. The second-order valence-corrected chi connectivity index (χ2v) is 10.8. The molecule has 1 fully saturated rings. The van der Waals surface area contributed by atoms with Gasteiger partial charge in [0.15, 0.2) is 17.3 Å². The number of nitrogens with zero attached hydrogens (tertiary/aromatic N) is 1. The maximum atomic E-state index is 15.1. The smallest absolute Gasteiger partial charge is 0.419 e. The third kappa shape index (κ3) is 7.73. The van der Waals surface area contributed by atoms with Crippen molar-refractivity contribution >= 4 is 22.7 Å². The first-order valence-electron chi connectivity index (χ1n) is 14.5. The number of rotatable bonds is 9. The minimum Gasteiger partial charge on any atom is -0.493 e. The quantitative estimate of drug-likeness (QED) is 0.210. The van der Waals surface area contributed by atoms with E-state index in [9.17, 15) is 27.2 Å². The largest absolute Gasteiger partial charge is 0.493 e. The molecule has 0 atom stereocenters. The average Bonchev–Trinajstić information content (AvgIpc) is 3.04. The lowest BCUT2D eigenvalue weighted by Gasteiger charge is -2.23. The number of carbonyl (C=O) groups excluding carboxylic acids is 2. The number of allylic oxidation sites excluding steroid dienone is 4. The number of nitrogens with one attached hydrogen (secondary N) is 3. The number of hydrogen-bond donors (Lipinski definition) is 3. The summed E-state index contributed by atoms with van der Waals surface area (Å²) in [6, 6.07) is 7.65. The van der Waals surface area contributed by atoms with Crippen LogP contribution in [0.1, 0.15) is 36.8 Å². The maximum Gasteiger partial charge on any atom is 0.419 e. The number of piperidine rings is 1. The molecule has 3 aromatic rings. The number of alkyl halides is 3. The molecule has 1 aliphatic carbocycles.